The topological polar surface area (TPSA) is 46.3 Å². The van der Waals surface area contributed by atoms with Gasteiger partial charge in [0.2, 0.25) is 5.91 Å². The maximum atomic E-state index is 12.4. The molecule has 104 valence electrons. The number of carbonyl (C=O) groups excluding carboxylic acids is 1. The zero-order chi connectivity index (χ0) is 13.8. The van der Waals surface area contributed by atoms with E-state index in [1.54, 1.807) is 0 Å². The van der Waals surface area contributed by atoms with Crippen molar-refractivity contribution in [3.05, 3.63) is 35.4 Å². The molecule has 1 unspecified atom stereocenters. The number of hydrogen-bond donors (Lipinski definition) is 1. The first kappa shape index (κ1) is 14.1. The zero-order valence-electron chi connectivity index (χ0n) is 11.9. The molecule has 1 amide bonds. The Balaban J connectivity index is 2.17. The second kappa shape index (κ2) is 6.20. The Kier molecular flexibility index (Phi) is 4.59. The van der Waals surface area contributed by atoms with Crippen LogP contribution < -0.4 is 5.73 Å². The lowest BCUT2D eigenvalue weighted by Crippen LogP contribution is -2.43. The highest BCUT2D eigenvalue weighted by Gasteiger charge is 2.32. The molecule has 19 heavy (non-hydrogen) atoms. The average Bonchev–Trinajstić information content (AvgIpc) is 2.87. The first-order chi connectivity index (χ1) is 9.15. The summed E-state index contributed by atoms with van der Waals surface area (Å²) >= 11 is 0. The Bertz CT molecular complexity index is 444. The van der Waals surface area contributed by atoms with E-state index in [1.165, 1.54) is 11.1 Å². The van der Waals surface area contributed by atoms with Crippen LogP contribution in [0.1, 0.15) is 49.8 Å². The summed E-state index contributed by atoms with van der Waals surface area (Å²) < 4.78 is 0. The molecule has 2 N–H and O–H groups in total. The minimum absolute atomic E-state index is 0.118. The van der Waals surface area contributed by atoms with Gasteiger partial charge in [-0.2, -0.15) is 0 Å². The van der Waals surface area contributed by atoms with E-state index in [0.29, 0.717) is 0 Å². The molecular formula is C16H24N2O. The van der Waals surface area contributed by atoms with E-state index in [-0.39, 0.29) is 18.0 Å². The molecule has 1 aliphatic heterocycles. The molecule has 1 aromatic carbocycles. The van der Waals surface area contributed by atoms with E-state index >= 15 is 0 Å². The highest BCUT2D eigenvalue weighted by Crippen LogP contribution is 2.34. The second-order valence-corrected chi connectivity index (χ2v) is 5.44. The van der Waals surface area contributed by atoms with Crippen LogP contribution in [0.3, 0.4) is 0 Å². The molecule has 1 fully saturated rings. The molecule has 0 aliphatic carbocycles. The summed E-state index contributed by atoms with van der Waals surface area (Å²) in [7, 11) is 0. The van der Waals surface area contributed by atoms with Crippen molar-refractivity contribution in [3.8, 4) is 0 Å². The molecule has 0 saturated carbocycles. The molecular weight excluding hydrogens is 236 g/mol. The van der Waals surface area contributed by atoms with E-state index in [1.807, 2.05) is 11.0 Å². The quantitative estimate of drug-likeness (QED) is 0.905. The fraction of sp³-hybridized carbons (Fsp3) is 0.562. The summed E-state index contributed by atoms with van der Waals surface area (Å²) in [6.45, 7) is 5.02. The van der Waals surface area contributed by atoms with Gasteiger partial charge in [0, 0.05) is 6.54 Å². The number of amides is 1. The van der Waals surface area contributed by atoms with Crippen LogP contribution in [0.5, 0.6) is 0 Å². The maximum absolute atomic E-state index is 12.4. The number of aryl methyl sites for hydroxylation is 1. The smallest absolute Gasteiger partial charge is 0.239 e. The van der Waals surface area contributed by atoms with Gasteiger partial charge in [-0.25, -0.2) is 0 Å². The Morgan fingerprint density at radius 3 is 2.89 bits per heavy atom. The van der Waals surface area contributed by atoms with Gasteiger partial charge in [0.15, 0.2) is 0 Å². The van der Waals surface area contributed by atoms with Gasteiger partial charge in [0.25, 0.3) is 0 Å². The third-order valence-corrected chi connectivity index (χ3v) is 4.00. The van der Waals surface area contributed by atoms with Crippen LogP contribution in [-0.4, -0.2) is 23.4 Å². The van der Waals surface area contributed by atoms with Crippen LogP contribution in [0.15, 0.2) is 24.3 Å². The van der Waals surface area contributed by atoms with Crippen LogP contribution in [0.2, 0.25) is 0 Å². The van der Waals surface area contributed by atoms with Crippen molar-refractivity contribution in [2.24, 2.45) is 5.73 Å². The van der Waals surface area contributed by atoms with Crippen molar-refractivity contribution in [2.45, 2.75) is 51.6 Å². The Hall–Kier alpha value is -1.35. The van der Waals surface area contributed by atoms with Gasteiger partial charge in [0.05, 0.1) is 12.1 Å². The number of nitrogens with two attached hydrogens (primary N) is 1. The van der Waals surface area contributed by atoms with Gasteiger partial charge in [-0.3, -0.25) is 4.79 Å². The molecule has 1 aromatic rings. The summed E-state index contributed by atoms with van der Waals surface area (Å²) in [5, 5.41) is 0. The number of rotatable bonds is 4. The molecule has 2 atom stereocenters. The van der Waals surface area contributed by atoms with E-state index in [9.17, 15) is 4.79 Å². The largest absolute Gasteiger partial charge is 0.334 e. The first-order valence-electron chi connectivity index (χ1n) is 7.26. The first-order valence-corrected chi connectivity index (χ1v) is 7.26. The van der Waals surface area contributed by atoms with Gasteiger partial charge in [-0.1, -0.05) is 37.6 Å². The summed E-state index contributed by atoms with van der Waals surface area (Å²) in [5.41, 5.74) is 8.53. The fourth-order valence-corrected chi connectivity index (χ4v) is 2.96. The lowest BCUT2D eigenvalue weighted by atomic mass is 9.99. The molecule has 2 rings (SSSR count). The van der Waals surface area contributed by atoms with E-state index < -0.39 is 0 Å². The third-order valence-electron chi connectivity index (χ3n) is 4.00. The minimum Gasteiger partial charge on any atom is -0.334 e. The lowest BCUT2D eigenvalue weighted by Gasteiger charge is -2.28. The number of nitrogens with zero attached hydrogens (tertiary/aromatic N) is 1. The Morgan fingerprint density at radius 1 is 1.47 bits per heavy atom. The van der Waals surface area contributed by atoms with Crippen LogP contribution in [0.4, 0.5) is 0 Å². The average molecular weight is 260 g/mol. The van der Waals surface area contributed by atoms with Crippen molar-refractivity contribution in [3.63, 3.8) is 0 Å². The van der Waals surface area contributed by atoms with Crippen LogP contribution in [0, 0.1) is 6.92 Å². The SMILES string of the molecule is CCC[C@H](N)C(=O)N1CCCC1c1ccccc1C. The number of likely N-dealkylation sites (tertiary alicyclic amines) is 1. The Morgan fingerprint density at radius 2 is 2.21 bits per heavy atom. The van der Waals surface area contributed by atoms with Gasteiger partial charge in [0.1, 0.15) is 0 Å². The lowest BCUT2D eigenvalue weighted by molar-refractivity contribution is -0.133. The highest BCUT2D eigenvalue weighted by molar-refractivity contribution is 5.82. The predicted molar refractivity (Wildman–Crippen MR) is 77.8 cm³/mol. The van der Waals surface area contributed by atoms with E-state index in [4.69, 9.17) is 5.73 Å². The van der Waals surface area contributed by atoms with Crippen LogP contribution in [-0.2, 0) is 4.79 Å². The van der Waals surface area contributed by atoms with Crippen molar-refractivity contribution in [1.82, 2.24) is 4.90 Å². The molecule has 0 spiro atoms. The zero-order valence-corrected chi connectivity index (χ0v) is 11.9. The summed E-state index contributed by atoms with van der Waals surface area (Å²) in [6, 6.07) is 8.23. The molecule has 1 aliphatic rings. The molecule has 1 saturated heterocycles. The monoisotopic (exact) mass is 260 g/mol. The number of carbonyl (C=O) groups is 1. The van der Waals surface area contributed by atoms with Crippen LogP contribution in [0.25, 0.3) is 0 Å². The standard InChI is InChI=1S/C16H24N2O/c1-3-7-14(17)16(19)18-11-6-10-15(18)13-9-5-4-8-12(13)2/h4-5,8-9,14-15H,3,6-7,10-11,17H2,1-2H3/t14-,15?/m0/s1. The minimum atomic E-state index is -0.338. The molecule has 0 aromatic heterocycles. The molecule has 0 bridgehead atoms. The maximum Gasteiger partial charge on any atom is 0.239 e. The summed E-state index contributed by atoms with van der Waals surface area (Å²) in [5.74, 6) is 0.118. The van der Waals surface area contributed by atoms with Crippen molar-refractivity contribution >= 4 is 5.91 Å². The number of benzene rings is 1. The van der Waals surface area contributed by atoms with Crippen LogP contribution >= 0.6 is 0 Å². The second-order valence-electron chi connectivity index (χ2n) is 5.44. The normalized spacial score (nSPS) is 20.6. The van der Waals surface area contributed by atoms with Gasteiger partial charge < -0.3 is 10.6 Å². The third kappa shape index (κ3) is 2.98. The summed E-state index contributed by atoms with van der Waals surface area (Å²) in [6.07, 6.45) is 3.85. The highest BCUT2D eigenvalue weighted by atomic mass is 16.2. The summed E-state index contributed by atoms with van der Waals surface area (Å²) in [4.78, 5) is 14.4. The van der Waals surface area contributed by atoms with Gasteiger partial charge in [-0.05, 0) is 37.3 Å². The van der Waals surface area contributed by atoms with Crippen molar-refractivity contribution in [2.75, 3.05) is 6.54 Å². The molecule has 3 nitrogen and oxygen atoms in total. The van der Waals surface area contributed by atoms with Crippen molar-refractivity contribution in [1.29, 1.82) is 0 Å². The molecule has 1 heterocycles. The fourth-order valence-electron chi connectivity index (χ4n) is 2.96. The van der Waals surface area contributed by atoms with Crippen molar-refractivity contribution < 1.29 is 4.79 Å². The van der Waals surface area contributed by atoms with Gasteiger partial charge >= 0.3 is 0 Å². The molecule has 0 radical (unpaired) electrons. The van der Waals surface area contributed by atoms with E-state index in [2.05, 4.69) is 32.0 Å². The van der Waals surface area contributed by atoms with Gasteiger partial charge in [-0.15, -0.1) is 0 Å². The number of hydrogen-bond acceptors (Lipinski definition) is 2. The Labute approximate surface area is 115 Å². The van der Waals surface area contributed by atoms with E-state index in [0.717, 1.165) is 32.2 Å². The molecule has 3 heteroatoms. The predicted octanol–water partition coefficient (Wildman–Crippen LogP) is 2.79.